The summed E-state index contributed by atoms with van der Waals surface area (Å²) in [5, 5.41) is 10.7. The zero-order chi connectivity index (χ0) is 17.8. The Kier molecular flexibility index (Phi) is 4.64. The first-order chi connectivity index (χ1) is 12.8. The number of carbonyl (C=O) groups excluding carboxylic acids is 1. The fourth-order valence-electron chi connectivity index (χ4n) is 3.30. The Bertz CT molecular complexity index is 862. The van der Waals surface area contributed by atoms with Crippen molar-refractivity contribution >= 4 is 11.7 Å². The fourth-order valence-corrected chi connectivity index (χ4v) is 3.30. The predicted octanol–water partition coefficient (Wildman–Crippen LogP) is 2.87. The molecule has 0 radical (unpaired) electrons. The molecule has 4 rings (SSSR count). The second kappa shape index (κ2) is 7.39. The Balaban J connectivity index is 1.42. The summed E-state index contributed by atoms with van der Waals surface area (Å²) in [6.45, 7) is 1.69. The summed E-state index contributed by atoms with van der Waals surface area (Å²) in [7, 11) is 0. The predicted molar refractivity (Wildman–Crippen MR) is 101 cm³/mol. The highest BCUT2D eigenvalue weighted by atomic mass is 16.1. The third-order valence-corrected chi connectivity index (χ3v) is 4.63. The molecule has 3 heterocycles. The molecule has 2 N–H and O–H groups in total. The maximum absolute atomic E-state index is 12.3. The van der Waals surface area contributed by atoms with E-state index in [0.717, 1.165) is 43.0 Å². The van der Waals surface area contributed by atoms with Gasteiger partial charge in [0, 0.05) is 31.4 Å². The zero-order valence-electron chi connectivity index (χ0n) is 14.4. The number of rotatable bonds is 4. The minimum Gasteiger partial charge on any atom is -0.353 e. The van der Waals surface area contributed by atoms with Crippen molar-refractivity contribution in [3.8, 4) is 11.3 Å². The molecule has 0 aliphatic carbocycles. The number of benzene rings is 1. The highest BCUT2D eigenvalue weighted by Gasteiger charge is 2.23. The third-order valence-electron chi connectivity index (χ3n) is 4.63. The van der Waals surface area contributed by atoms with Crippen molar-refractivity contribution in [2.24, 2.45) is 0 Å². The molecule has 6 nitrogen and oxygen atoms in total. The van der Waals surface area contributed by atoms with E-state index < -0.39 is 0 Å². The molecule has 1 unspecified atom stereocenters. The van der Waals surface area contributed by atoms with E-state index in [1.807, 2.05) is 24.3 Å². The molecule has 132 valence electrons. The van der Waals surface area contributed by atoms with Crippen LogP contribution in [0.15, 0.2) is 60.8 Å². The number of piperidine rings is 1. The first-order valence-electron chi connectivity index (χ1n) is 8.87. The average Bonchev–Trinajstić information content (AvgIpc) is 3.20. The standard InChI is InChI=1S/C20H21N5O/c26-20(17-10-4-5-11-21-17)22-16-9-6-12-25(14-16)19-13-18(23-24-19)15-7-2-1-3-8-15/h1-5,7-8,10-11,13,16H,6,9,12,14H2,(H,22,26)(H,23,24). The van der Waals surface area contributed by atoms with Crippen molar-refractivity contribution in [3.05, 3.63) is 66.5 Å². The lowest BCUT2D eigenvalue weighted by molar-refractivity contribution is 0.0928. The van der Waals surface area contributed by atoms with Crippen molar-refractivity contribution in [2.45, 2.75) is 18.9 Å². The first kappa shape index (κ1) is 16.3. The molecular formula is C20H21N5O. The van der Waals surface area contributed by atoms with E-state index in [1.165, 1.54) is 0 Å². The van der Waals surface area contributed by atoms with Crippen LogP contribution >= 0.6 is 0 Å². The summed E-state index contributed by atoms with van der Waals surface area (Å²) in [5.74, 6) is 0.796. The Morgan fingerprint density at radius 1 is 1.15 bits per heavy atom. The van der Waals surface area contributed by atoms with Crippen LogP contribution in [-0.2, 0) is 0 Å². The van der Waals surface area contributed by atoms with Gasteiger partial charge in [0.25, 0.3) is 5.91 Å². The van der Waals surface area contributed by atoms with E-state index in [1.54, 1.807) is 18.3 Å². The minimum atomic E-state index is -0.121. The molecule has 0 saturated carbocycles. The number of amides is 1. The Labute approximate surface area is 152 Å². The Hall–Kier alpha value is -3.15. The molecular weight excluding hydrogens is 326 g/mol. The molecule has 1 saturated heterocycles. The summed E-state index contributed by atoms with van der Waals surface area (Å²) in [5.41, 5.74) is 2.57. The molecule has 1 fully saturated rings. The molecule has 6 heteroatoms. The average molecular weight is 347 g/mol. The Morgan fingerprint density at radius 2 is 2.00 bits per heavy atom. The number of pyridine rings is 1. The van der Waals surface area contributed by atoms with Gasteiger partial charge in [-0.25, -0.2) is 0 Å². The van der Waals surface area contributed by atoms with Gasteiger partial charge in [0.1, 0.15) is 5.69 Å². The van der Waals surface area contributed by atoms with E-state index in [2.05, 4.69) is 43.6 Å². The van der Waals surface area contributed by atoms with Gasteiger partial charge in [0.05, 0.1) is 5.69 Å². The van der Waals surface area contributed by atoms with Crippen LogP contribution in [0.1, 0.15) is 23.3 Å². The van der Waals surface area contributed by atoms with Gasteiger partial charge in [-0.3, -0.25) is 14.9 Å². The molecule has 2 aromatic heterocycles. The van der Waals surface area contributed by atoms with Crippen LogP contribution in [0.5, 0.6) is 0 Å². The Morgan fingerprint density at radius 3 is 2.81 bits per heavy atom. The van der Waals surface area contributed by atoms with Crippen molar-refractivity contribution < 1.29 is 4.79 Å². The topological polar surface area (TPSA) is 73.9 Å². The van der Waals surface area contributed by atoms with Crippen LogP contribution in [0, 0.1) is 0 Å². The van der Waals surface area contributed by atoms with Gasteiger partial charge in [0.15, 0.2) is 5.82 Å². The van der Waals surface area contributed by atoms with Crippen LogP contribution in [0.25, 0.3) is 11.3 Å². The number of nitrogens with one attached hydrogen (secondary N) is 2. The molecule has 1 amide bonds. The largest absolute Gasteiger partial charge is 0.353 e. The van der Waals surface area contributed by atoms with Gasteiger partial charge in [0.2, 0.25) is 0 Å². The lowest BCUT2D eigenvalue weighted by Crippen LogP contribution is -2.48. The van der Waals surface area contributed by atoms with Crippen molar-refractivity contribution in [1.29, 1.82) is 0 Å². The number of anilines is 1. The summed E-state index contributed by atoms with van der Waals surface area (Å²) in [6, 6.07) is 17.7. The normalized spacial score (nSPS) is 17.1. The fraction of sp³-hybridized carbons (Fsp3) is 0.250. The van der Waals surface area contributed by atoms with Crippen LogP contribution in [0.2, 0.25) is 0 Å². The van der Waals surface area contributed by atoms with Crippen molar-refractivity contribution in [2.75, 3.05) is 18.0 Å². The van der Waals surface area contributed by atoms with E-state index in [-0.39, 0.29) is 11.9 Å². The molecule has 1 atom stereocenters. The van der Waals surface area contributed by atoms with E-state index in [0.29, 0.717) is 5.69 Å². The summed E-state index contributed by atoms with van der Waals surface area (Å²) >= 11 is 0. The van der Waals surface area contributed by atoms with Gasteiger partial charge >= 0.3 is 0 Å². The van der Waals surface area contributed by atoms with Crippen LogP contribution in [-0.4, -0.2) is 40.2 Å². The van der Waals surface area contributed by atoms with E-state index in [9.17, 15) is 4.79 Å². The molecule has 0 bridgehead atoms. The van der Waals surface area contributed by atoms with Gasteiger partial charge < -0.3 is 10.2 Å². The maximum atomic E-state index is 12.3. The molecule has 0 spiro atoms. The lowest BCUT2D eigenvalue weighted by atomic mass is 10.1. The third kappa shape index (κ3) is 3.59. The summed E-state index contributed by atoms with van der Waals surface area (Å²) in [6.07, 6.45) is 3.61. The number of H-pyrrole nitrogens is 1. The van der Waals surface area contributed by atoms with Crippen LogP contribution in [0.3, 0.4) is 0 Å². The van der Waals surface area contributed by atoms with Crippen LogP contribution in [0.4, 0.5) is 5.82 Å². The van der Waals surface area contributed by atoms with E-state index in [4.69, 9.17) is 0 Å². The maximum Gasteiger partial charge on any atom is 0.270 e. The monoisotopic (exact) mass is 347 g/mol. The number of aromatic amines is 1. The number of hydrogen-bond donors (Lipinski definition) is 2. The quantitative estimate of drug-likeness (QED) is 0.761. The number of carbonyl (C=O) groups is 1. The lowest BCUT2D eigenvalue weighted by Gasteiger charge is -2.33. The second-order valence-electron chi connectivity index (χ2n) is 6.48. The highest BCUT2D eigenvalue weighted by molar-refractivity contribution is 5.92. The van der Waals surface area contributed by atoms with Crippen molar-refractivity contribution in [3.63, 3.8) is 0 Å². The van der Waals surface area contributed by atoms with E-state index >= 15 is 0 Å². The minimum absolute atomic E-state index is 0.0927. The number of hydrogen-bond acceptors (Lipinski definition) is 4. The summed E-state index contributed by atoms with van der Waals surface area (Å²) < 4.78 is 0. The molecule has 1 aliphatic heterocycles. The van der Waals surface area contributed by atoms with Gasteiger partial charge in [-0.1, -0.05) is 36.4 Å². The number of nitrogens with zero attached hydrogens (tertiary/aromatic N) is 3. The molecule has 1 aliphatic rings. The molecule has 3 aromatic rings. The van der Waals surface area contributed by atoms with Crippen LogP contribution < -0.4 is 10.2 Å². The smallest absolute Gasteiger partial charge is 0.270 e. The highest BCUT2D eigenvalue weighted by Crippen LogP contribution is 2.24. The SMILES string of the molecule is O=C(NC1CCCN(c2cc(-c3ccccc3)[nH]n2)C1)c1ccccn1. The van der Waals surface area contributed by atoms with Gasteiger partial charge in [-0.05, 0) is 30.5 Å². The van der Waals surface area contributed by atoms with Crippen molar-refractivity contribution in [1.82, 2.24) is 20.5 Å². The van der Waals surface area contributed by atoms with Gasteiger partial charge in [-0.15, -0.1) is 0 Å². The molecule has 26 heavy (non-hydrogen) atoms. The first-order valence-corrected chi connectivity index (χ1v) is 8.87. The zero-order valence-corrected chi connectivity index (χ0v) is 14.4. The van der Waals surface area contributed by atoms with Gasteiger partial charge in [-0.2, -0.15) is 5.10 Å². The summed E-state index contributed by atoms with van der Waals surface area (Å²) in [4.78, 5) is 18.7. The number of aromatic nitrogens is 3. The second-order valence-corrected chi connectivity index (χ2v) is 6.48. The molecule has 1 aromatic carbocycles.